The molecule has 6 heteroatoms. The third-order valence-corrected chi connectivity index (χ3v) is 4.54. The second kappa shape index (κ2) is 6.04. The fourth-order valence-electron chi connectivity index (χ4n) is 3.30. The molecule has 2 N–H and O–H groups in total. The number of likely N-dealkylation sites (tertiary alicyclic amines) is 1. The molecule has 6 nitrogen and oxygen atoms in total. The third-order valence-electron chi connectivity index (χ3n) is 4.54. The Kier molecular flexibility index (Phi) is 4.09. The number of ether oxygens (including phenoxy) is 1. The van der Waals surface area contributed by atoms with E-state index < -0.39 is 11.4 Å². The minimum atomic E-state index is -1.01. The third kappa shape index (κ3) is 2.82. The van der Waals surface area contributed by atoms with Crippen LogP contribution in [0.1, 0.15) is 23.2 Å². The number of nitrogens with one attached hydrogen (secondary N) is 1. The summed E-state index contributed by atoms with van der Waals surface area (Å²) in [6.07, 6.45) is 3.01. The van der Waals surface area contributed by atoms with Crippen molar-refractivity contribution in [2.75, 3.05) is 26.8 Å². The van der Waals surface area contributed by atoms with Gasteiger partial charge >= 0.3 is 5.97 Å². The molecule has 0 saturated carbocycles. The molecule has 0 bridgehead atoms. The topological polar surface area (TPSA) is 82.6 Å². The fraction of sp³-hybridized carbons (Fsp3) is 0.412. The highest BCUT2D eigenvalue weighted by Crippen LogP contribution is 2.31. The highest BCUT2D eigenvalue weighted by atomic mass is 16.5. The van der Waals surface area contributed by atoms with Crippen molar-refractivity contribution >= 4 is 22.8 Å². The summed E-state index contributed by atoms with van der Waals surface area (Å²) < 4.78 is 5.10. The number of amides is 1. The first-order valence-electron chi connectivity index (χ1n) is 7.64. The lowest BCUT2D eigenvalue weighted by molar-refractivity contribution is -0.155. The van der Waals surface area contributed by atoms with Gasteiger partial charge in [-0.05, 0) is 36.4 Å². The van der Waals surface area contributed by atoms with Crippen molar-refractivity contribution in [2.24, 2.45) is 5.41 Å². The summed E-state index contributed by atoms with van der Waals surface area (Å²) in [4.78, 5) is 29.2. The van der Waals surface area contributed by atoms with Gasteiger partial charge in [0.15, 0.2) is 0 Å². The summed E-state index contributed by atoms with van der Waals surface area (Å²) in [6.45, 7) is 0.861. The number of carbonyl (C=O) groups excluding carboxylic acids is 1. The minimum absolute atomic E-state index is 0.113. The van der Waals surface area contributed by atoms with E-state index in [9.17, 15) is 14.7 Å². The van der Waals surface area contributed by atoms with E-state index in [0.29, 0.717) is 24.9 Å². The molecule has 0 spiro atoms. The molecule has 2 heterocycles. The molecule has 122 valence electrons. The number of H-pyrrole nitrogens is 1. The van der Waals surface area contributed by atoms with E-state index in [-0.39, 0.29) is 19.1 Å². The summed E-state index contributed by atoms with van der Waals surface area (Å²) in [5.41, 5.74) is 0.451. The van der Waals surface area contributed by atoms with Crippen LogP contribution in [0.25, 0.3) is 10.9 Å². The lowest BCUT2D eigenvalue weighted by atomic mass is 9.80. The van der Waals surface area contributed by atoms with E-state index in [0.717, 1.165) is 10.9 Å². The van der Waals surface area contributed by atoms with Crippen LogP contribution in [0.4, 0.5) is 0 Å². The van der Waals surface area contributed by atoms with Crippen LogP contribution in [0.15, 0.2) is 30.5 Å². The Hall–Kier alpha value is -2.34. The Bertz CT molecular complexity index is 735. The van der Waals surface area contributed by atoms with Crippen molar-refractivity contribution in [2.45, 2.75) is 12.8 Å². The summed E-state index contributed by atoms with van der Waals surface area (Å²) in [6, 6.07) is 7.43. The molecule has 1 saturated heterocycles. The van der Waals surface area contributed by atoms with Gasteiger partial charge in [-0.3, -0.25) is 9.59 Å². The Labute approximate surface area is 134 Å². The number of carboxylic acids is 1. The molecule has 1 aliphatic heterocycles. The van der Waals surface area contributed by atoms with Gasteiger partial charge in [0, 0.05) is 37.5 Å². The quantitative estimate of drug-likeness (QED) is 0.905. The zero-order valence-corrected chi connectivity index (χ0v) is 13.0. The van der Waals surface area contributed by atoms with E-state index in [2.05, 4.69) is 4.98 Å². The summed E-state index contributed by atoms with van der Waals surface area (Å²) >= 11 is 0. The number of methoxy groups -OCH3 is 1. The monoisotopic (exact) mass is 316 g/mol. The molecular formula is C17H20N2O4. The molecule has 3 rings (SSSR count). The number of rotatable bonds is 4. The maximum Gasteiger partial charge on any atom is 0.313 e. The van der Waals surface area contributed by atoms with Gasteiger partial charge in [0.25, 0.3) is 5.91 Å². The number of aliphatic carboxylic acids is 1. The molecule has 2 aromatic rings. The van der Waals surface area contributed by atoms with Crippen LogP contribution in [-0.2, 0) is 9.53 Å². The van der Waals surface area contributed by atoms with Gasteiger partial charge in [0.1, 0.15) is 5.41 Å². The fourth-order valence-corrected chi connectivity index (χ4v) is 3.30. The van der Waals surface area contributed by atoms with Crippen molar-refractivity contribution in [3.63, 3.8) is 0 Å². The molecule has 1 aromatic heterocycles. The molecule has 1 aliphatic rings. The van der Waals surface area contributed by atoms with E-state index >= 15 is 0 Å². The van der Waals surface area contributed by atoms with Crippen LogP contribution in [0, 0.1) is 5.41 Å². The molecule has 1 atom stereocenters. The van der Waals surface area contributed by atoms with Crippen molar-refractivity contribution in [1.82, 2.24) is 9.88 Å². The standard InChI is InChI=1S/C17H20N2O4/c1-23-11-17(16(21)22)6-2-8-19(10-17)15(20)13-4-3-12-5-7-18-14(12)9-13/h3-5,7,9,18H,2,6,8,10-11H2,1H3,(H,21,22). The van der Waals surface area contributed by atoms with E-state index in [4.69, 9.17) is 4.74 Å². The Morgan fingerprint density at radius 3 is 2.96 bits per heavy atom. The number of nitrogens with zero attached hydrogens (tertiary/aromatic N) is 1. The minimum Gasteiger partial charge on any atom is -0.481 e. The average molecular weight is 316 g/mol. The van der Waals surface area contributed by atoms with E-state index in [1.54, 1.807) is 11.0 Å². The smallest absolute Gasteiger partial charge is 0.313 e. The predicted octanol–water partition coefficient (Wildman–Crippen LogP) is 2.12. The zero-order chi connectivity index (χ0) is 16.4. The first kappa shape index (κ1) is 15.6. The lowest BCUT2D eigenvalue weighted by Crippen LogP contribution is -2.52. The summed E-state index contributed by atoms with van der Waals surface area (Å²) in [5.74, 6) is -1.04. The van der Waals surface area contributed by atoms with Gasteiger partial charge in [-0.15, -0.1) is 0 Å². The van der Waals surface area contributed by atoms with Crippen molar-refractivity contribution in [1.29, 1.82) is 0 Å². The first-order valence-corrected chi connectivity index (χ1v) is 7.64. The zero-order valence-electron chi connectivity index (χ0n) is 13.0. The number of piperidine rings is 1. The molecule has 23 heavy (non-hydrogen) atoms. The molecule has 1 aromatic carbocycles. The van der Waals surface area contributed by atoms with Gasteiger partial charge in [0.2, 0.25) is 0 Å². The van der Waals surface area contributed by atoms with Crippen LogP contribution < -0.4 is 0 Å². The second-order valence-electron chi connectivity index (χ2n) is 6.13. The van der Waals surface area contributed by atoms with Crippen LogP contribution in [0.5, 0.6) is 0 Å². The number of aromatic nitrogens is 1. The van der Waals surface area contributed by atoms with Crippen LogP contribution in [-0.4, -0.2) is 53.7 Å². The van der Waals surface area contributed by atoms with Crippen LogP contribution in [0.2, 0.25) is 0 Å². The van der Waals surface area contributed by atoms with Crippen LogP contribution >= 0.6 is 0 Å². The number of carbonyl (C=O) groups is 2. The maximum absolute atomic E-state index is 12.8. The molecule has 1 fully saturated rings. The van der Waals surface area contributed by atoms with Crippen molar-refractivity contribution < 1.29 is 19.4 Å². The molecule has 0 aliphatic carbocycles. The molecular weight excluding hydrogens is 296 g/mol. The maximum atomic E-state index is 12.8. The normalized spacial score (nSPS) is 21.5. The second-order valence-corrected chi connectivity index (χ2v) is 6.13. The van der Waals surface area contributed by atoms with Gasteiger partial charge in [-0.1, -0.05) is 6.07 Å². The van der Waals surface area contributed by atoms with Gasteiger partial charge < -0.3 is 19.7 Å². The van der Waals surface area contributed by atoms with Crippen LogP contribution in [0.3, 0.4) is 0 Å². The molecule has 1 unspecified atom stereocenters. The Balaban J connectivity index is 1.84. The predicted molar refractivity (Wildman–Crippen MR) is 85.4 cm³/mol. The van der Waals surface area contributed by atoms with Crippen molar-refractivity contribution in [3.05, 3.63) is 36.0 Å². The number of fused-ring (bicyclic) bond motifs is 1. The lowest BCUT2D eigenvalue weighted by Gasteiger charge is -2.39. The number of aromatic amines is 1. The largest absolute Gasteiger partial charge is 0.481 e. The number of carboxylic acid groups (broad SMARTS) is 1. The SMILES string of the molecule is COCC1(C(=O)O)CCCN(C(=O)c2ccc3cc[nH]c3c2)C1. The highest BCUT2D eigenvalue weighted by Gasteiger charge is 2.44. The Morgan fingerprint density at radius 2 is 2.22 bits per heavy atom. The summed E-state index contributed by atoms with van der Waals surface area (Å²) in [7, 11) is 1.49. The highest BCUT2D eigenvalue weighted by molar-refractivity contribution is 5.98. The number of hydrogen-bond donors (Lipinski definition) is 2. The molecule has 0 radical (unpaired) electrons. The first-order chi connectivity index (χ1) is 11.1. The van der Waals surface area contributed by atoms with E-state index in [1.165, 1.54) is 7.11 Å². The number of hydrogen-bond acceptors (Lipinski definition) is 3. The van der Waals surface area contributed by atoms with Gasteiger partial charge in [0.05, 0.1) is 6.61 Å². The molecule has 1 amide bonds. The van der Waals surface area contributed by atoms with Gasteiger partial charge in [-0.2, -0.15) is 0 Å². The van der Waals surface area contributed by atoms with Crippen molar-refractivity contribution in [3.8, 4) is 0 Å². The average Bonchev–Trinajstić information content (AvgIpc) is 3.02. The summed E-state index contributed by atoms with van der Waals surface area (Å²) in [5, 5.41) is 10.6. The Morgan fingerprint density at radius 1 is 1.39 bits per heavy atom. The van der Waals surface area contributed by atoms with E-state index in [1.807, 2.05) is 24.4 Å². The number of benzene rings is 1. The van der Waals surface area contributed by atoms with Gasteiger partial charge in [-0.25, -0.2) is 0 Å².